The summed E-state index contributed by atoms with van der Waals surface area (Å²) in [6.07, 6.45) is -0.911. The molecule has 1 aliphatic heterocycles. The van der Waals surface area contributed by atoms with Crippen LogP contribution in [-0.2, 0) is 14.8 Å². The minimum atomic E-state index is -3.53. The van der Waals surface area contributed by atoms with Crippen LogP contribution in [0.15, 0.2) is 0 Å². The Morgan fingerprint density at radius 1 is 1.57 bits per heavy atom. The molecule has 6 nitrogen and oxygen atoms in total. The third kappa shape index (κ3) is 2.05. The Balaban J connectivity index is 2.93. The first kappa shape index (κ1) is 11.4. The van der Waals surface area contributed by atoms with E-state index in [1.54, 1.807) is 0 Å². The normalized spacial score (nSPS) is 29.3. The summed E-state index contributed by atoms with van der Waals surface area (Å²) in [6.45, 7) is 1.33. The Bertz CT molecular complexity index is 325. The lowest BCUT2D eigenvalue weighted by molar-refractivity contribution is -0.140. The van der Waals surface area contributed by atoms with Crippen LogP contribution in [0.2, 0.25) is 0 Å². The number of carboxylic acids is 1. The SMILES string of the molecule is CCS(=O)(=O)N1C[C@@H](O)C[C@H]1C(=O)O. The fourth-order valence-electron chi connectivity index (χ4n) is 1.48. The average Bonchev–Trinajstić information content (AvgIpc) is 2.48. The molecule has 1 aliphatic rings. The third-order valence-corrected chi connectivity index (χ3v) is 4.09. The minimum absolute atomic E-state index is 0.0332. The standard InChI is InChI=1S/C7H13NO5S/c1-2-14(12,13)8-4-5(9)3-6(8)7(10)11/h5-6,9H,2-4H2,1H3,(H,10,11)/t5-,6-/m0/s1. The van der Waals surface area contributed by atoms with Crippen molar-refractivity contribution in [3.8, 4) is 0 Å². The van der Waals surface area contributed by atoms with Gasteiger partial charge in [-0.25, -0.2) is 8.42 Å². The number of carboxylic acid groups (broad SMARTS) is 1. The highest BCUT2D eigenvalue weighted by Gasteiger charge is 2.41. The number of aliphatic carboxylic acids is 1. The van der Waals surface area contributed by atoms with Crippen LogP contribution in [0, 0.1) is 0 Å². The molecular weight excluding hydrogens is 210 g/mol. The first-order valence-corrected chi connectivity index (χ1v) is 5.89. The molecular formula is C7H13NO5S. The van der Waals surface area contributed by atoms with Crippen LogP contribution < -0.4 is 0 Å². The summed E-state index contributed by atoms with van der Waals surface area (Å²) < 4.78 is 23.7. The largest absolute Gasteiger partial charge is 0.480 e. The molecule has 0 amide bonds. The van der Waals surface area contributed by atoms with E-state index in [0.717, 1.165) is 4.31 Å². The molecule has 0 bridgehead atoms. The average molecular weight is 223 g/mol. The van der Waals surface area contributed by atoms with E-state index in [9.17, 15) is 18.3 Å². The molecule has 0 aromatic carbocycles. The molecule has 2 N–H and O–H groups in total. The lowest BCUT2D eigenvalue weighted by Gasteiger charge is -2.19. The van der Waals surface area contributed by atoms with Crippen molar-refractivity contribution in [3.05, 3.63) is 0 Å². The number of aliphatic hydroxyl groups excluding tert-OH is 1. The predicted molar refractivity (Wildman–Crippen MR) is 48.2 cm³/mol. The second-order valence-corrected chi connectivity index (χ2v) is 5.42. The van der Waals surface area contributed by atoms with Gasteiger partial charge in [-0.2, -0.15) is 4.31 Å². The molecule has 1 fully saturated rings. The van der Waals surface area contributed by atoms with E-state index in [-0.39, 0.29) is 18.7 Å². The smallest absolute Gasteiger partial charge is 0.322 e. The first-order valence-electron chi connectivity index (χ1n) is 4.29. The minimum Gasteiger partial charge on any atom is -0.480 e. The summed E-state index contributed by atoms with van der Waals surface area (Å²) in [6, 6.07) is -1.12. The quantitative estimate of drug-likeness (QED) is 0.630. The van der Waals surface area contributed by atoms with Crippen molar-refractivity contribution in [2.45, 2.75) is 25.5 Å². The molecule has 0 aromatic rings. The third-order valence-electron chi connectivity index (χ3n) is 2.24. The molecule has 0 saturated carbocycles. The van der Waals surface area contributed by atoms with Gasteiger partial charge in [-0.15, -0.1) is 0 Å². The Morgan fingerprint density at radius 3 is 2.57 bits per heavy atom. The summed E-state index contributed by atoms with van der Waals surface area (Å²) in [5.41, 5.74) is 0. The van der Waals surface area contributed by atoms with E-state index in [4.69, 9.17) is 5.11 Å². The first-order chi connectivity index (χ1) is 6.38. The Kier molecular flexibility index (Phi) is 3.13. The molecule has 14 heavy (non-hydrogen) atoms. The van der Waals surface area contributed by atoms with E-state index in [2.05, 4.69) is 0 Å². The van der Waals surface area contributed by atoms with Gasteiger partial charge in [0.15, 0.2) is 0 Å². The Morgan fingerprint density at radius 2 is 2.14 bits per heavy atom. The van der Waals surface area contributed by atoms with E-state index >= 15 is 0 Å². The Labute approximate surface area is 82.2 Å². The summed E-state index contributed by atoms with van der Waals surface area (Å²) in [7, 11) is -3.53. The molecule has 0 unspecified atom stereocenters. The van der Waals surface area contributed by atoms with Crippen LogP contribution in [0.3, 0.4) is 0 Å². The molecule has 1 rings (SSSR count). The van der Waals surface area contributed by atoms with Crippen LogP contribution >= 0.6 is 0 Å². The summed E-state index contributed by atoms with van der Waals surface area (Å²) in [4.78, 5) is 10.7. The van der Waals surface area contributed by atoms with Crippen molar-refractivity contribution in [3.63, 3.8) is 0 Å². The number of sulfonamides is 1. The fourth-order valence-corrected chi connectivity index (χ4v) is 2.78. The van der Waals surface area contributed by atoms with Crippen LogP contribution in [0.1, 0.15) is 13.3 Å². The van der Waals surface area contributed by atoms with Gasteiger partial charge < -0.3 is 10.2 Å². The number of hydrogen-bond acceptors (Lipinski definition) is 4. The fraction of sp³-hybridized carbons (Fsp3) is 0.857. The number of hydrogen-bond donors (Lipinski definition) is 2. The Hall–Kier alpha value is -0.660. The van der Waals surface area contributed by atoms with Crippen molar-refractivity contribution in [2.24, 2.45) is 0 Å². The number of β-amino-alcohol motifs (C(OH)–C–C–N with tert-alkyl or cyclic N) is 1. The highest BCUT2D eigenvalue weighted by Crippen LogP contribution is 2.21. The highest BCUT2D eigenvalue weighted by atomic mass is 32.2. The van der Waals surface area contributed by atoms with E-state index in [1.165, 1.54) is 6.92 Å². The number of rotatable bonds is 3. The summed E-state index contributed by atoms with van der Waals surface area (Å²) >= 11 is 0. The molecule has 0 aliphatic carbocycles. The highest BCUT2D eigenvalue weighted by molar-refractivity contribution is 7.89. The van der Waals surface area contributed by atoms with Crippen molar-refractivity contribution >= 4 is 16.0 Å². The maximum Gasteiger partial charge on any atom is 0.322 e. The predicted octanol–water partition coefficient (Wildman–Crippen LogP) is -1.14. The number of nitrogens with zero attached hydrogens (tertiary/aromatic N) is 1. The molecule has 2 atom stereocenters. The molecule has 7 heteroatoms. The van der Waals surface area contributed by atoms with Gasteiger partial charge in [0, 0.05) is 13.0 Å². The van der Waals surface area contributed by atoms with Gasteiger partial charge in [-0.3, -0.25) is 4.79 Å². The molecule has 0 spiro atoms. The lowest BCUT2D eigenvalue weighted by atomic mass is 10.2. The van der Waals surface area contributed by atoms with Gasteiger partial charge in [-0.05, 0) is 6.92 Å². The van der Waals surface area contributed by atoms with E-state index < -0.39 is 28.1 Å². The topological polar surface area (TPSA) is 94.9 Å². The van der Waals surface area contributed by atoms with Crippen molar-refractivity contribution < 1.29 is 23.4 Å². The monoisotopic (exact) mass is 223 g/mol. The maximum absolute atomic E-state index is 11.4. The van der Waals surface area contributed by atoms with Crippen molar-refractivity contribution in [2.75, 3.05) is 12.3 Å². The summed E-state index contributed by atoms with van der Waals surface area (Å²) in [5.74, 6) is -1.36. The van der Waals surface area contributed by atoms with Crippen molar-refractivity contribution in [1.82, 2.24) is 4.31 Å². The zero-order chi connectivity index (χ0) is 10.9. The molecule has 0 radical (unpaired) electrons. The lowest BCUT2D eigenvalue weighted by Crippen LogP contribution is -2.41. The van der Waals surface area contributed by atoms with Crippen LogP contribution in [0.4, 0.5) is 0 Å². The number of carbonyl (C=O) groups is 1. The van der Waals surface area contributed by atoms with E-state index in [0.29, 0.717) is 0 Å². The zero-order valence-electron chi connectivity index (χ0n) is 7.75. The molecule has 82 valence electrons. The number of aliphatic hydroxyl groups is 1. The van der Waals surface area contributed by atoms with E-state index in [1.807, 2.05) is 0 Å². The van der Waals surface area contributed by atoms with Gasteiger partial charge in [0.05, 0.1) is 11.9 Å². The van der Waals surface area contributed by atoms with Gasteiger partial charge >= 0.3 is 5.97 Å². The second kappa shape index (κ2) is 3.84. The van der Waals surface area contributed by atoms with Crippen molar-refractivity contribution in [1.29, 1.82) is 0 Å². The van der Waals surface area contributed by atoms with Crippen LogP contribution in [-0.4, -0.2) is 53.3 Å². The van der Waals surface area contributed by atoms with Gasteiger partial charge in [0.2, 0.25) is 10.0 Å². The zero-order valence-corrected chi connectivity index (χ0v) is 8.57. The van der Waals surface area contributed by atoms with Crippen LogP contribution in [0.25, 0.3) is 0 Å². The molecule has 1 heterocycles. The van der Waals surface area contributed by atoms with Gasteiger partial charge in [0.1, 0.15) is 6.04 Å². The molecule has 0 aromatic heterocycles. The second-order valence-electron chi connectivity index (χ2n) is 3.21. The van der Waals surface area contributed by atoms with Gasteiger partial charge in [0.25, 0.3) is 0 Å². The summed E-state index contributed by atoms with van der Waals surface area (Å²) in [5, 5.41) is 18.0. The van der Waals surface area contributed by atoms with Crippen LogP contribution in [0.5, 0.6) is 0 Å². The molecule has 1 saturated heterocycles. The van der Waals surface area contributed by atoms with Gasteiger partial charge in [-0.1, -0.05) is 0 Å². The maximum atomic E-state index is 11.4.